The van der Waals surface area contributed by atoms with Crippen LogP contribution in [0.15, 0.2) is 43.0 Å². The highest BCUT2D eigenvalue weighted by atomic mass is 16.3. The van der Waals surface area contributed by atoms with Crippen LogP contribution in [0.3, 0.4) is 0 Å². The first kappa shape index (κ1) is 16.6. The molecule has 1 amide bonds. The zero-order chi connectivity index (χ0) is 16.8. The average molecular weight is 328 g/mol. The summed E-state index contributed by atoms with van der Waals surface area (Å²) in [4.78, 5) is 14.2. The Kier molecular flexibility index (Phi) is 5.59. The number of aromatic nitrogens is 3. The maximum atomic E-state index is 12.3. The van der Waals surface area contributed by atoms with Crippen LogP contribution in [-0.4, -0.2) is 49.9 Å². The summed E-state index contributed by atoms with van der Waals surface area (Å²) in [6.45, 7) is 2.08. The number of benzene rings is 1. The highest BCUT2D eigenvalue weighted by Crippen LogP contribution is 2.23. The van der Waals surface area contributed by atoms with Gasteiger partial charge in [-0.05, 0) is 30.7 Å². The highest BCUT2D eigenvalue weighted by Gasteiger charge is 2.27. The topological polar surface area (TPSA) is 71.2 Å². The molecule has 0 bridgehead atoms. The molecule has 1 aliphatic heterocycles. The van der Waals surface area contributed by atoms with Crippen LogP contribution in [0, 0.1) is 5.92 Å². The van der Waals surface area contributed by atoms with Gasteiger partial charge in [0.05, 0.1) is 6.10 Å². The number of rotatable bonds is 6. The van der Waals surface area contributed by atoms with Crippen LogP contribution in [-0.2, 0) is 17.8 Å². The second-order valence-corrected chi connectivity index (χ2v) is 6.42. The lowest BCUT2D eigenvalue weighted by molar-refractivity contribution is -0.133. The quantitative estimate of drug-likeness (QED) is 0.872. The molecule has 2 aromatic rings. The molecule has 1 fully saturated rings. The zero-order valence-electron chi connectivity index (χ0n) is 13.8. The molecular formula is C18H24N4O2. The van der Waals surface area contributed by atoms with Crippen LogP contribution >= 0.6 is 0 Å². The number of carbonyl (C=O) groups excluding carboxylic acids is 1. The predicted octanol–water partition coefficient (Wildman–Crippen LogP) is 1.51. The zero-order valence-corrected chi connectivity index (χ0v) is 13.8. The van der Waals surface area contributed by atoms with Crippen molar-refractivity contribution in [3.63, 3.8) is 0 Å². The Hall–Kier alpha value is -2.21. The summed E-state index contributed by atoms with van der Waals surface area (Å²) < 4.78 is 1.81. The van der Waals surface area contributed by atoms with Crippen LogP contribution in [0.2, 0.25) is 0 Å². The molecule has 1 atom stereocenters. The Morgan fingerprint density at radius 2 is 1.83 bits per heavy atom. The van der Waals surface area contributed by atoms with Gasteiger partial charge < -0.3 is 14.6 Å². The van der Waals surface area contributed by atoms with Crippen molar-refractivity contribution in [2.24, 2.45) is 5.92 Å². The molecule has 0 unspecified atom stereocenters. The molecule has 1 aromatic heterocycles. The minimum Gasteiger partial charge on any atom is -0.392 e. The second kappa shape index (κ2) is 8.06. The van der Waals surface area contributed by atoms with Gasteiger partial charge >= 0.3 is 0 Å². The van der Waals surface area contributed by atoms with Crippen LogP contribution in [0.5, 0.6) is 0 Å². The summed E-state index contributed by atoms with van der Waals surface area (Å²) in [7, 11) is 0. The van der Waals surface area contributed by atoms with Gasteiger partial charge in [-0.15, -0.1) is 10.2 Å². The van der Waals surface area contributed by atoms with Crippen molar-refractivity contribution >= 4 is 5.91 Å². The van der Waals surface area contributed by atoms with Crippen LogP contribution in [0.25, 0.3) is 0 Å². The van der Waals surface area contributed by atoms with E-state index in [1.165, 1.54) is 0 Å². The average Bonchev–Trinajstić information content (AvgIpc) is 3.14. The SMILES string of the molecule is O=C(CCn1cnnc1)N1CCC([C@@H](O)Cc2ccccc2)CC1. The van der Waals surface area contributed by atoms with Gasteiger partial charge in [0.25, 0.3) is 0 Å². The standard InChI is InChI=1S/C18H24N4O2/c23-17(12-15-4-2-1-3-5-15)16-6-10-22(11-7-16)18(24)8-9-21-13-19-20-14-21/h1-5,13-14,16-17,23H,6-12H2/t17-/m0/s1. The van der Waals surface area contributed by atoms with Gasteiger partial charge in [-0.2, -0.15) is 0 Å². The normalized spacial score (nSPS) is 17.0. The summed E-state index contributed by atoms with van der Waals surface area (Å²) in [5.41, 5.74) is 1.16. The Labute approximate surface area is 142 Å². The lowest BCUT2D eigenvalue weighted by Gasteiger charge is -2.34. The van der Waals surface area contributed by atoms with E-state index in [1.54, 1.807) is 12.7 Å². The molecule has 24 heavy (non-hydrogen) atoms. The van der Waals surface area contributed by atoms with Crippen LogP contribution in [0.1, 0.15) is 24.8 Å². The summed E-state index contributed by atoms with van der Waals surface area (Å²) in [6, 6.07) is 10.1. The smallest absolute Gasteiger partial charge is 0.224 e. The fraction of sp³-hybridized carbons (Fsp3) is 0.500. The van der Waals surface area contributed by atoms with Gasteiger partial charge in [-0.1, -0.05) is 30.3 Å². The number of aliphatic hydroxyl groups is 1. The van der Waals surface area contributed by atoms with Crippen molar-refractivity contribution in [3.8, 4) is 0 Å². The molecule has 1 saturated heterocycles. The van der Waals surface area contributed by atoms with Gasteiger partial charge in [0.1, 0.15) is 12.7 Å². The molecule has 1 aromatic carbocycles. The molecular weight excluding hydrogens is 304 g/mol. The van der Waals surface area contributed by atoms with Crippen LogP contribution in [0.4, 0.5) is 0 Å². The fourth-order valence-corrected chi connectivity index (χ4v) is 3.28. The van der Waals surface area contributed by atoms with E-state index in [0.717, 1.165) is 31.5 Å². The number of carbonyl (C=O) groups is 1. The third-order valence-electron chi connectivity index (χ3n) is 4.77. The monoisotopic (exact) mass is 328 g/mol. The van der Waals surface area contributed by atoms with Crippen molar-refractivity contribution in [1.29, 1.82) is 0 Å². The van der Waals surface area contributed by atoms with Gasteiger partial charge in [-0.25, -0.2) is 0 Å². The maximum Gasteiger partial charge on any atom is 0.224 e. The number of nitrogens with zero attached hydrogens (tertiary/aromatic N) is 4. The molecule has 1 N–H and O–H groups in total. The number of aryl methyl sites for hydroxylation is 1. The molecule has 0 aliphatic carbocycles. The summed E-state index contributed by atoms with van der Waals surface area (Å²) in [6.07, 6.45) is 5.81. The van der Waals surface area contributed by atoms with Crippen molar-refractivity contribution in [3.05, 3.63) is 48.5 Å². The van der Waals surface area contributed by atoms with Crippen LogP contribution < -0.4 is 0 Å². The van der Waals surface area contributed by atoms with Gasteiger partial charge in [-0.3, -0.25) is 4.79 Å². The maximum absolute atomic E-state index is 12.3. The number of aliphatic hydroxyl groups excluding tert-OH is 1. The molecule has 0 radical (unpaired) electrons. The molecule has 6 nitrogen and oxygen atoms in total. The fourth-order valence-electron chi connectivity index (χ4n) is 3.28. The Morgan fingerprint density at radius 3 is 2.50 bits per heavy atom. The number of hydrogen-bond acceptors (Lipinski definition) is 4. The van der Waals surface area contributed by atoms with Crippen molar-refractivity contribution in [2.75, 3.05) is 13.1 Å². The van der Waals surface area contributed by atoms with E-state index in [4.69, 9.17) is 0 Å². The van der Waals surface area contributed by atoms with E-state index in [2.05, 4.69) is 10.2 Å². The van der Waals surface area contributed by atoms with Crippen molar-refractivity contribution in [2.45, 2.75) is 38.3 Å². The second-order valence-electron chi connectivity index (χ2n) is 6.42. The first-order valence-electron chi connectivity index (χ1n) is 8.54. The predicted molar refractivity (Wildman–Crippen MR) is 90.1 cm³/mol. The lowest BCUT2D eigenvalue weighted by Crippen LogP contribution is -2.41. The molecule has 0 saturated carbocycles. The van der Waals surface area contributed by atoms with E-state index >= 15 is 0 Å². The Bertz CT molecular complexity index is 622. The number of hydrogen-bond donors (Lipinski definition) is 1. The molecule has 2 heterocycles. The van der Waals surface area contributed by atoms with E-state index < -0.39 is 0 Å². The van der Waals surface area contributed by atoms with Gasteiger partial charge in [0.2, 0.25) is 5.91 Å². The van der Waals surface area contributed by atoms with Gasteiger partial charge in [0, 0.05) is 26.1 Å². The number of piperidine rings is 1. The van der Waals surface area contributed by atoms with Crippen molar-refractivity contribution in [1.82, 2.24) is 19.7 Å². The molecule has 0 spiro atoms. The van der Waals surface area contributed by atoms with E-state index in [9.17, 15) is 9.90 Å². The Balaban J connectivity index is 1.42. The highest BCUT2D eigenvalue weighted by molar-refractivity contribution is 5.76. The Morgan fingerprint density at radius 1 is 1.17 bits per heavy atom. The van der Waals surface area contributed by atoms with Crippen molar-refractivity contribution < 1.29 is 9.90 Å². The minimum atomic E-state index is -0.332. The largest absolute Gasteiger partial charge is 0.392 e. The summed E-state index contributed by atoms with van der Waals surface area (Å²) in [5.74, 6) is 0.437. The molecule has 128 valence electrons. The third kappa shape index (κ3) is 4.41. The first-order valence-corrected chi connectivity index (χ1v) is 8.54. The lowest BCUT2D eigenvalue weighted by atomic mass is 9.88. The first-order chi connectivity index (χ1) is 11.7. The molecule has 6 heteroatoms. The third-order valence-corrected chi connectivity index (χ3v) is 4.77. The number of amides is 1. The van der Waals surface area contributed by atoms with E-state index in [-0.39, 0.29) is 17.9 Å². The molecule has 3 rings (SSSR count). The minimum absolute atomic E-state index is 0.166. The van der Waals surface area contributed by atoms with E-state index in [1.807, 2.05) is 39.8 Å². The van der Waals surface area contributed by atoms with Gasteiger partial charge in [0.15, 0.2) is 0 Å². The number of likely N-dealkylation sites (tertiary alicyclic amines) is 1. The van der Waals surface area contributed by atoms with E-state index in [0.29, 0.717) is 19.4 Å². The summed E-state index contributed by atoms with van der Waals surface area (Å²) >= 11 is 0. The summed E-state index contributed by atoms with van der Waals surface area (Å²) in [5, 5.41) is 17.9. The molecule has 1 aliphatic rings.